The molecule has 0 bridgehead atoms. The third-order valence-electron chi connectivity index (χ3n) is 2.59. The number of nitrogens with one attached hydrogen (secondary N) is 1. The number of rotatable bonds is 5. The quantitative estimate of drug-likeness (QED) is 0.755. The van der Waals surface area contributed by atoms with Gasteiger partial charge in [-0.1, -0.05) is 6.07 Å². The van der Waals surface area contributed by atoms with Crippen LogP contribution in [0.4, 0.5) is 0 Å². The third kappa shape index (κ3) is 2.76. The molecule has 1 aromatic rings. The van der Waals surface area contributed by atoms with Crippen molar-refractivity contribution in [3.05, 3.63) is 30.1 Å². The van der Waals surface area contributed by atoms with Crippen LogP contribution in [-0.2, 0) is 11.3 Å². The van der Waals surface area contributed by atoms with Crippen LogP contribution in [0.3, 0.4) is 0 Å². The number of hydrogen-bond donors (Lipinski definition) is 2. The Morgan fingerprint density at radius 2 is 2.40 bits per heavy atom. The van der Waals surface area contributed by atoms with Crippen molar-refractivity contribution in [2.24, 2.45) is 5.92 Å². The Labute approximate surface area is 88.3 Å². The Hall–Kier alpha value is -1.42. The standard InChI is InChI=1S/C11H14N2O2/c14-11(15)10(8-4-5-8)13-7-9-3-1-2-6-12-9/h1-3,6,8,10,13H,4-5,7H2,(H,14,15). The molecule has 1 heterocycles. The summed E-state index contributed by atoms with van der Waals surface area (Å²) < 4.78 is 0. The van der Waals surface area contributed by atoms with Crippen LogP contribution in [0.15, 0.2) is 24.4 Å². The second-order valence-electron chi connectivity index (χ2n) is 3.86. The molecule has 4 nitrogen and oxygen atoms in total. The van der Waals surface area contributed by atoms with Gasteiger partial charge < -0.3 is 5.11 Å². The second kappa shape index (κ2) is 4.40. The molecule has 0 aliphatic heterocycles. The van der Waals surface area contributed by atoms with Gasteiger partial charge in [0.05, 0.1) is 5.69 Å². The van der Waals surface area contributed by atoms with E-state index in [1.165, 1.54) is 0 Å². The fourth-order valence-corrected chi connectivity index (χ4v) is 1.60. The van der Waals surface area contributed by atoms with Gasteiger partial charge in [-0.15, -0.1) is 0 Å². The summed E-state index contributed by atoms with van der Waals surface area (Å²) in [6, 6.07) is 5.22. The number of aromatic nitrogens is 1. The Bertz CT molecular complexity index is 336. The molecule has 0 aromatic carbocycles. The molecule has 1 aliphatic carbocycles. The Balaban J connectivity index is 1.88. The fourth-order valence-electron chi connectivity index (χ4n) is 1.60. The van der Waals surface area contributed by atoms with E-state index in [4.69, 9.17) is 5.11 Å². The number of hydrogen-bond acceptors (Lipinski definition) is 3. The summed E-state index contributed by atoms with van der Waals surface area (Å²) in [6.45, 7) is 0.522. The average molecular weight is 206 g/mol. The van der Waals surface area contributed by atoms with Gasteiger partial charge in [0.25, 0.3) is 0 Å². The second-order valence-corrected chi connectivity index (χ2v) is 3.86. The minimum Gasteiger partial charge on any atom is -0.480 e. The zero-order chi connectivity index (χ0) is 10.7. The molecule has 0 amide bonds. The van der Waals surface area contributed by atoms with Gasteiger partial charge in [-0.25, -0.2) is 0 Å². The average Bonchev–Trinajstić information content (AvgIpc) is 3.03. The lowest BCUT2D eigenvalue weighted by Crippen LogP contribution is -2.38. The van der Waals surface area contributed by atoms with E-state index in [0.717, 1.165) is 18.5 Å². The SMILES string of the molecule is O=C(O)C(NCc1ccccn1)C1CC1. The maximum atomic E-state index is 10.9. The summed E-state index contributed by atoms with van der Waals surface area (Å²) in [6.07, 6.45) is 3.75. The van der Waals surface area contributed by atoms with E-state index in [-0.39, 0.29) is 0 Å². The van der Waals surface area contributed by atoms with Crippen LogP contribution < -0.4 is 5.32 Å². The molecule has 1 fully saturated rings. The van der Waals surface area contributed by atoms with E-state index in [9.17, 15) is 4.79 Å². The number of aliphatic carboxylic acids is 1. The van der Waals surface area contributed by atoms with E-state index >= 15 is 0 Å². The summed E-state index contributed by atoms with van der Waals surface area (Å²) in [5.74, 6) is -0.445. The first-order chi connectivity index (χ1) is 7.27. The first kappa shape index (κ1) is 10.1. The molecular formula is C11H14N2O2. The van der Waals surface area contributed by atoms with E-state index in [0.29, 0.717) is 12.5 Å². The van der Waals surface area contributed by atoms with Gasteiger partial charge in [-0.3, -0.25) is 15.1 Å². The van der Waals surface area contributed by atoms with Gasteiger partial charge in [0.1, 0.15) is 6.04 Å². The molecule has 1 atom stereocenters. The van der Waals surface area contributed by atoms with Crippen LogP contribution in [0.25, 0.3) is 0 Å². The van der Waals surface area contributed by atoms with Crippen molar-refractivity contribution in [1.82, 2.24) is 10.3 Å². The summed E-state index contributed by atoms with van der Waals surface area (Å²) in [5.41, 5.74) is 0.879. The van der Waals surface area contributed by atoms with Gasteiger partial charge in [-0.05, 0) is 30.9 Å². The van der Waals surface area contributed by atoms with Crippen LogP contribution in [0.1, 0.15) is 18.5 Å². The van der Waals surface area contributed by atoms with Crippen molar-refractivity contribution in [1.29, 1.82) is 0 Å². The summed E-state index contributed by atoms with van der Waals surface area (Å²) in [4.78, 5) is 15.1. The maximum Gasteiger partial charge on any atom is 0.320 e. The normalized spacial score (nSPS) is 17.3. The number of pyridine rings is 1. The Morgan fingerprint density at radius 1 is 1.60 bits per heavy atom. The summed E-state index contributed by atoms with van der Waals surface area (Å²) in [5, 5.41) is 12.0. The number of nitrogens with zero attached hydrogens (tertiary/aromatic N) is 1. The molecule has 15 heavy (non-hydrogen) atoms. The van der Waals surface area contributed by atoms with Crippen LogP contribution in [-0.4, -0.2) is 22.1 Å². The molecule has 0 radical (unpaired) electrons. The Kier molecular flexibility index (Phi) is 2.97. The van der Waals surface area contributed by atoms with Crippen molar-refractivity contribution in [2.75, 3.05) is 0 Å². The predicted octanol–water partition coefficient (Wildman–Crippen LogP) is 1.03. The van der Waals surface area contributed by atoms with Crippen LogP contribution in [0.2, 0.25) is 0 Å². The Morgan fingerprint density at radius 3 is 2.93 bits per heavy atom. The largest absolute Gasteiger partial charge is 0.480 e. The number of carbonyl (C=O) groups is 1. The summed E-state index contributed by atoms with van der Waals surface area (Å²) >= 11 is 0. The highest BCUT2D eigenvalue weighted by Crippen LogP contribution is 2.32. The first-order valence-electron chi connectivity index (χ1n) is 5.13. The lowest BCUT2D eigenvalue weighted by atomic mass is 10.2. The van der Waals surface area contributed by atoms with E-state index < -0.39 is 12.0 Å². The van der Waals surface area contributed by atoms with Gasteiger partial charge in [0.2, 0.25) is 0 Å². The minimum atomic E-state index is -0.756. The summed E-state index contributed by atoms with van der Waals surface area (Å²) in [7, 11) is 0. The molecule has 1 aliphatic rings. The van der Waals surface area contributed by atoms with Crippen LogP contribution in [0, 0.1) is 5.92 Å². The molecule has 1 unspecified atom stereocenters. The van der Waals surface area contributed by atoms with Gasteiger partial charge in [0, 0.05) is 12.7 Å². The minimum absolute atomic E-state index is 0.311. The molecule has 4 heteroatoms. The molecule has 80 valence electrons. The number of carboxylic acids is 1. The zero-order valence-electron chi connectivity index (χ0n) is 8.39. The van der Waals surface area contributed by atoms with Crippen molar-refractivity contribution in [3.8, 4) is 0 Å². The van der Waals surface area contributed by atoms with Crippen molar-refractivity contribution >= 4 is 5.97 Å². The third-order valence-corrected chi connectivity index (χ3v) is 2.59. The lowest BCUT2D eigenvalue weighted by molar-refractivity contribution is -0.140. The van der Waals surface area contributed by atoms with E-state index in [1.807, 2.05) is 18.2 Å². The van der Waals surface area contributed by atoms with Gasteiger partial charge >= 0.3 is 5.97 Å². The zero-order valence-corrected chi connectivity index (χ0v) is 8.39. The van der Waals surface area contributed by atoms with Crippen LogP contribution in [0.5, 0.6) is 0 Å². The highest BCUT2D eigenvalue weighted by atomic mass is 16.4. The number of carboxylic acid groups (broad SMARTS) is 1. The highest BCUT2D eigenvalue weighted by molar-refractivity contribution is 5.74. The van der Waals surface area contributed by atoms with E-state index in [2.05, 4.69) is 10.3 Å². The van der Waals surface area contributed by atoms with Gasteiger partial charge in [0.15, 0.2) is 0 Å². The van der Waals surface area contributed by atoms with Crippen molar-refractivity contribution in [3.63, 3.8) is 0 Å². The smallest absolute Gasteiger partial charge is 0.320 e. The monoisotopic (exact) mass is 206 g/mol. The molecule has 2 N–H and O–H groups in total. The highest BCUT2D eigenvalue weighted by Gasteiger charge is 2.35. The van der Waals surface area contributed by atoms with Gasteiger partial charge in [-0.2, -0.15) is 0 Å². The fraction of sp³-hybridized carbons (Fsp3) is 0.455. The molecule has 1 aromatic heterocycles. The first-order valence-corrected chi connectivity index (χ1v) is 5.13. The molecule has 1 saturated carbocycles. The maximum absolute atomic E-state index is 10.9. The van der Waals surface area contributed by atoms with Crippen molar-refractivity contribution in [2.45, 2.75) is 25.4 Å². The molecule has 0 spiro atoms. The molecular weight excluding hydrogens is 192 g/mol. The molecule has 2 rings (SSSR count). The van der Waals surface area contributed by atoms with Crippen molar-refractivity contribution < 1.29 is 9.90 Å². The molecule has 0 saturated heterocycles. The van der Waals surface area contributed by atoms with E-state index in [1.54, 1.807) is 6.20 Å². The lowest BCUT2D eigenvalue weighted by Gasteiger charge is -2.12. The predicted molar refractivity (Wildman–Crippen MR) is 55.2 cm³/mol. The topological polar surface area (TPSA) is 62.2 Å². The van der Waals surface area contributed by atoms with Crippen LogP contribution >= 0.6 is 0 Å².